The molecule has 0 aromatic heterocycles. The van der Waals surface area contributed by atoms with Gasteiger partial charge in [-0.1, -0.05) is 6.92 Å². The highest BCUT2D eigenvalue weighted by Gasteiger charge is 2.21. The van der Waals surface area contributed by atoms with Crippen LogP contribution in [-0.2, 0) is 0 Å². The molecule has 0 saturated carbocycles. The lowest BCUT2D eigenvalue weighted by atomic mass is 9.98. The van der Waals surface area contributed by atoms with Crippen LogP contribution >= 0.6 is 0 Å². The van der Waals surface area contributed by atoms with Gasteiger partial charge in [-0.15, -0.1) is 0 Å². The van der Waals surface area contributed by atoms with Crippen molar-refractivity contribution in [3.05, 3.63) is 29.6 Å². The summed E-state index contributed by atoms with van der Waals surface area (Å²) < 4.78 is 18.6. The lowest BCUT2D eigenvalue weighted by Crippen LogP contribution is -2.40. The Kier molecular flexibility index (Phi) is 5.78. The van der Waals surface area contributed by atoms with Crippen molar-refractivity contribution in [2.45, 2.75) is 39.2 Å². The number of hydrogen-bond acceptors (Lipinski definition) is 3. The first-order valence-electron chi connectivity index (χ1n) is 6.56. The average molecular weight is 264 g/mol. The Morgan fingerprint density at radius 1 is 1.47 bits per heavy atom. The lowest BCUT2D eigenvalue weighted by molar-refractivity contribution is 0.286. The van der Waals surface area contributed by atoms with Crippen LogP contribution in [0.1, 0.15) is 32.3 Å². The van der Waals surface area contributed by atoms with Gasteiger partial charge in [0.1, 0.15) is 17.1 Å². The highest BCUT2D eigenvalue weighted by atomic mass is 19.1. The van der Waals surface area contributed by atoms with Gasteiger partial charge in [0.15, 0.2) is 0 Å². The van der Waals surface area contributed by atoms with E-state index in [9.17, 15) is 4.39 Å². The minimum atomic E-state index is -0.503. The van der Waals surface area contributed by atoms with E-state index in [2.05, 4.69) is 11.4 Å². The molecule has 0 bridgehead atoms. The normalized spacial score (nSPS) is 13.6. The van der Waals surface area contributed by atoms with E-state index in [0.717, 1.165) is 19.4 Å². The van der Waals surface area contributed by atoms with Crippen LogP contribution in [0, 0.1) is 24.1 Å². The summed E-state index contributed by atoms with van der Waals surface area (Å²) in [6.07, 6.45) is 1.49. The first kappa shape index (κ1) is 15.5. The van der Waals surface area contributed by atoms with Gasteiger partial charge >= 0.3 is 0 Å². The minimum Gasteiger partial charge on any atom is -0.494 e. The van der Waals surface area contributed by atoms with E-state index < -0.39 is 5.54 Å². The monoisotopic (exact) mass is 264 g/mol. The van der Waals surface area contributed by atoms with Crippen molar-refractivity contribution < 1.29 is 9.13 Å². The summed E-state index contributed by atoms with van der Waals surface area (Å²) in [4.78, 5) is 0. The maximum Gasteiger partial charge on any atom is 0.126 e. The van der Waals surface area contributed by atoms with Gasteiger partial charge in [-0.25, -0.2) is 4.39 Å². The number of benzene rings is 1. The van der Waals surface area contributed by atoms with Crippen molar-refractivity contribution >= 4 is 0 Å². The van der Waals surface area contributed by atoms with E-state index in [1.54, 1.807) is 19.1 Å². The number of nitriles is 1. The second-order valence-electron chi connectivity index (χ2n) is 4.84. The van der Waals surface area contributed by atoms with Crippen LogP contribution in [0.5, 0.6) is 5.75 Å². The molecule has 1 aromatic carbocycles. The third kappa shape index (κ3) is 4.88. The maximum absolute atomic E-state index is 13.1. The van der Waals surface area contributed by atoms with Crippen LogP contribution in [-0.4, -0.2) is 18.7 Å². The van der Waals surface area contributed by atoms with E-state index in [0.29, 0.717) is 17.9 Å². The summed E-state index contributed by atoms with van der Waals surface area (Å²) in [5, 5.41) is 12.3. The fourth-order valence-electron chi connectivity index (χ4n) is 1.90. The number of halogens is 1. The zero-order chi connectivity index (χ0) is 14.3. The molecule has 0 radical (unpaired) electrons. The predicted octanol–water partition coefficient (Wildman–Crippen LogP) is 3.18. The molecule has 0 heterocycles. The van der Waals surface area contributed by atoms with Crippen LogP contribution in [0.15, 0.2) is 18.2 Å². The molecule has 104 valence electrons. The number of rotatable bonds is 7. The molecule has 0 spiro atoms. The van der Waals surface area contributed by atoms with Crippen LogP contribution in [0.25, 0.3) is 0 Å². The second kappa shape index (κ2) is 7.10. The molecule has 0 amide bonds. The van der Waals surface area contributed by atoms with E-state index in [1.807, 2.05) is 13.8 Å². The molecule has 1 rings (SSSR count). The van der Waals surface area contributed by atoms with Crippen molar-refractivity contribution in [1.82, 2.24) is 5.32 Å². The highest BCUT2D eigenvalue weighted by Crippen LogP contribution is 2.17. The fourth-order valence-corrected chi connectivity index (χ4v) is 1.90. The Labute approximate surface area is 114 Å². The van der Waals surface area contributed by atoms with Crippen molar-refractivity contribution in [2.75, 3.05) is 13.2 Å². The van der Waals surface area contributed by atoms with Gasteiger partial charge in [-0.05, 0) is 57.0 Å². The Morgan fingerprint density at radius 3 is 2.79 bits per heavy atom. The lowest BCUT2D eigenvalue weighted by Gasteiger charge is -2.22. The summed E-state index contributed by atoms with van der Waals surface area (Å²) in [6.45, 7) is 6.86. The summed E-state index contributed by atoms with van der Waals surface area (Å²) in [6, 6.07) is 6.99. The van der Waals surface area contributed by atoms with Gasteiger partial charge in [-0.2, -0.15) is 5.26 Å². The average Bonchev–Trinajstić information content (AvgIpc) is 2.39. The van der Waals surface area contributed by atoms with E-state index >= 15 is 0 Å². The molecule has 4 heteroatoms. The first-order valence-corrected chi connectivity index (χ1v) is 6.56. The van der Waals surface area contributed by atoms with Crippen LogP contribution < -0.4 is 10.1 Å². The number of nitrogens with one attached hydrogen (secondary N) is 1. The Bertz CT molecular complexity index is 456. The van der Waals surface area contributed by atoms with Crippen LogP contribution in [0.4, 0.5) is 4.39 Å². The fraction of sp³-hybridized carbons (Fsp3) is 0.533. The summed E-state index contributed by atoms with van der Waals surface area (Å²) >= 11 is 0. The van der Waals surface area contributed by atoms with Crippen molar-refractivity contribution in [3.8, 4) is 11.8 Å². The molecule has 0 saturated heterocycles. The molecular weight excluding hydrogens is 243 g/mol. The summed E-state index contributed by atoms with van der Waals surface area (Å²) in [7, 11) is 0. The number of nitrogens with zero attached hydrogens (tertiary/aromatic N) is 1. The topological polar surface area (TPSA) is 45.0 Å². The Morgan fingerprint density at radius 2 is 2.21 bits per heavy atom. The van der Waals surface area contributed by atoms with E-state index in [4.69, 9.17) is 10.00 Å². The maximum atomic E-state index is 13.1. The van der Waals surface area contributed by atoms with Gasteiger partial charge in [-0.3, -0.25) is 5.32 Å². The molecule has 19 heavy (non-hydrogen) atoms. The molecular formula is C15H21FN2O. The van der Waals surface area contributed by atoms with Crippen LogP contribution in [0.3, 0.4) is 0 Å². The second-order valence-corrected chi connectivity index (χ2v) is 4.84. The Balaban J connectivity index is 2.38. The number of aryl methyl sites for hydroxylation is 1. The first-order chi connectivity index (χ1) is 9.00. The largest absolute Gasteiger partial charge is 0.494 e. The van der Waals surface area contributed by atoms with Gasteiger partial charge < -0.3 is 4.74 Å². The van der Waals surface area contributed by atoms with E-state index in [1.165, 1.54) is 6.07 Å². The van der Waals surface area contributed by atoms with E-state index in [-0.39, 0.29) is 5.82 Å². The molecule has 1 N–H and O–H groups in total. The standard InChI is InChI=1S/C15H21FN2O/c1-4-18-15(3,11-17)8-5-9-19-13-6-7-14(16)12(2)10-13/h6-7,10,18H,4-5,8-9H2,1-3H3. The van der Waals surface area contributed by atoms with Crippen molar-refractivity contribution in [2.24, 2.45) is 0 Å². The molecule has 1 aromatic rings. The minimum absolute atomic E-state index is 0.225. The smallest absolute Gasteiger partial charge is 0.126 e. The highest BCUT2D eigenvalue weighted by molar-refractivity contribution is 5.28. The Hall–Kier alpha value is -1.60. The molecule has 0 fully saturated rings. The molecule has 0 aliphatic rings. The summed E-state index contributed by atoms with van der Waals surface area (Å²) in [5.41, 5.74) is 0.0728. The van der Waals surface area contributed by atoms with Crippen molar-refractivity contribution in [3.63, 3.8) is 0 Å². The van der Waals surface area contributed by atoms with Crippen molar-refractivity contribution in [1.29, 1.82) is 5.26 Å². The summed E-state index contributed by atoms with van der Waals surface area (Å²) in [5.74, 6) is 0.442. The number of hydrogen-bond donors (Lipinski definition) is 1. The quantitative estimate of drug-likeness (QED) is 0.769. The third-order valence-corrected chi connectivity index (χ3v) is 3.03. The zero-order valence-corrected chi connectivity index (χ0v) is 11.8. The van der Waals surface area contributed by atoms with Gasteiger partial charge in [0, 0.05) is 0 Å². The SMILES string of the molecule is CCNC(C)(C#N)CCCOc1ccc(F)c(C)c1. The zero-order valence-electron chi connectivity index (χ0n) is 11.8. The van der Waals surface area contributed by atoms with Crippen LogP contribution in [0.2, 0.25) is 0 Å². The number of ether oxygens (including phenoxy) is 1. The molecule has 1 atom stereocenters. The third-order valence-electron chi connectivity index (χ3n) is 3.03. The van der Waals surface area contributed by atoms with Gasteiger partial charge in [0.2, 0.25) is 0 Å². The molecule has 3 nitrogen and oxygen atoms in total. The predicted molar refractivity (Wildman–Crippen MR) is 73.6 cm³/mol. The molecule has 1 unspecified atom stereocenters. The molecule has 0 aliphatic heterocycles. The molecule has 0 aliphatic carbocycles. The van der Waals surface area contributed by atoms with Gasteiger partial charge in [0.25, 0.3) is 0 Å². The van der Waals surface area contributed by atoms with Gasteiger partial charge in [0.05, 0.1) is 12.7 Å².